The Morgan fingerprint density at radius 2 is 1.65 bits per heavy atom. The van der Waals surface area contributed by atoms with Crippen LogP contribution >= 0.6 is 0 Å². The second kappa shape index (κ2) is 8.00. The molecule has 0 aliphatic rings. The van der Waals surface area contributed by atoms with Gasteiger partial charge in [0, 0.05) is 16.8 Å². The summed E-state index contributed by atoms with van der Waals surface area (Å²) in [4.78, 5) is 23.9. The van der Waals surface area contributed by atoms with E-state index in [1.807, 2.05) is 41.8 Å². The van der Waals surface area contributed by atoms with Crippen LogP contribution in [0.3, 0.4) is 0 Å². The molecule has 2 amide bonds. The Morgan fingerprint density at radius 3 is 2.31 bits per heavy atom. The van der Waals surface area contributed by atoms with Crippen molar-refractivity contribution in [3.05, 3.63) is 78.3 Å². The lowest BCUT2D eigenvalue weighted by Crippen LogP contribution is -2.30. The van der Waals surface area contributed by atoms with E-state index in [2.05, 4.69) is 5.32 Å². The van der Waals surface area contributed by atoms with E-state index in [9.17, 15) is 9.59 Å². The molecule has 1 aromatic heterocycles. The number of carbonyl (C=O) groups excluding carboxylic acids is 2. The van der Waals surface area contributed by atoms with Crippen molar-refractivity contribution >= 4 is 17.7 Å². The molecule has 4 N–H and O–H groups in total. The van der Waals surface area contributed by atoms with Crippen LogP contribution in [0.4, 0.5) is 10.5 Å². The summed E-state index contributed by atoms with van der Waals surface area (Å²) < 4.78 is 10.6. The Hall–Kier alpha value is -3.58. The lowest BCUT2D eigenvalue weighted by atomic mass is 10.0. The van der Waals surface area contributed by atoms with Crippen molar-refractivity contribution in [2.24, 2.45) is 5.84 Å². The molecule has 0 saturated carbocycles. The quantitative estimate of drug-likeness (QED) is 0.371. The van der Waals surface area contributed by atoms with Gasteiger partial charge in [-0.15, -0.1) is 0 Å². The number of nitrogens with two attached hydrogens (primary N) is 1. The largest absolute Gasteiger partial charge is 0.458 e. The van der Waals surface area contributed by atoms with Crippen molar-refractivity contribution in [1.29, 1.82) is 0 Å². The van der Waals surface area contributed by atoms with Crippen LogP contribution in [0, 0.1) is 0 Å². The molecule has 0 unspecified atom stereocenters. The maximum absolute atomic E-state index is 12.0. The van der Waals surface area contributed by atoms with E-state index in [-0.39, 0.29) is 12.4 Å². The molecule has 2 aromatic carbocycles. The van der Waals surface area contributed by atoms with E-state index < -0.39 is 12.0 Å². The maximum atomic E-state index is 12.0. The van der Waals surface area contributed by atoms with Gasteiger partial charge in [-0.2, -0.15) is 0 Å². The third-order valence-corrected chi connectivity index (χ3v) is 3.65. The predicted octanol–water partition coefficient (Wildman–Crippen LogP) is 3.30. The summed E-state index contributed by atoms with van der Waals surface area (Å²) in [6, 6.07) is 18.1. The summed E-state index contributed by atoms with van der Waals surface area (Å²) in [6.07, 6.45) is 0.768. The van der Waals surface area contributed by atoms with Gasteiger partial charge < -0.3 is 9.15 Å². The minimum atomic E-state index is -0.610. The summed E-state index contributed by atoms with van der Waals surface area (Å²) in [5, 5.41) is 2.62. The van der Waals surface area contributed by atoms with Crippen LogP contribution in [-0.2, 0) is 11.3 Å². The zero-order valence-corrected chi connectivity index (χ0v) is 13.8. The van der Waals surface area contributed by atoms with Gasteiger partial charge in [-0.3, -0.25) is 15.5 Å². The first-order chi connectivity index (χ1) is 12.7. The summed E-state index contributed by atoms with van der Waals surface area (Å²) in [5.41, 5.74) is 4.51. The van der Waals surface area contributed by atoms with E-state index >= 15 is 0 Å². The SMILES string of the molecule is NNC(=O)c1occ(COC(=O)Nc2ccccc2)c1-c1ccccc1. The van der Waals surface area contributed by atoms with Crippen molar-refractivity contribution in [2.75, 3.05) is 5.32 Å². The van der Waals surface area contributed by atoms with Gasteiger partial charge in [-0.1, -0.05) is 48.5 Å². The number of anilines is 1. The molecule has 0 atom stereocenters. The number of carbonyl (C=O) groups is 2. The van der Waals surface area contributed by atoms with Crippen molar-refractivity contribution < 1.29 is 18.7 Å². The highest BCUT2D eigenvalue weighted by Crippen LogP contribution is 2.30. The van der Waals surface area contributed by atoms with Gasteiger partial charge in [0.05, 0.1) is 6.26 Å². The fourth-order valence-electron chi connectivity index (χ4n) is 2.47. The van der Waals surface area contributed by atoms with Gasteiger partial charge in [0.1, 0.15) is 6.61 Å². The van der Waals surface area contributed by atoms with E-state index in [4.69, 9.17) is 15.0 Å². The van der Waals surface area contributed by atoms with Gasteiger partial charge in [-0.25, -0.2) is 10.6 Å². The van der Waals surface area contributed by atoms with Crippen LogP contribution in [0.1, 0.15) is 16.1 Å². The smallest absolute Gasteiger partial charge is 0.411 e. The first kappa shape index (κ1) is 17.2. The second-order valence-corrected chi connectivity index (χ2v) is 5.37. The van der Waals surface area contributed by atoms with Crippen molar-refractivity contribution in [3.63, 3.8) is 0 Å². The Morgan fingerprint density at radius 1 is 1.00 bits per heavy atom. The zero-order valence-electron chi connectivity index (χ0n) is 13.8. The second-order valence-electron chi connectivity index (χ2n) is 5.37. The molecule has 0 radical (unpaired) electrons. The molecule has 132 valence electrons. The van der Waals surface area contributed by atoms with Crippen molar-refractivity contribution in [1.82, 2.24) is 5.43 Å². The molecular formula is C19H17N3O4. The molecule has 7 heteroatoms. The fraction of sp³-hybridized carbons (Fsp3) is 0.0526. The molecule has 0 aliphatic carbocycles. The minimum Gasteiger partial charge on any atom is -0.458 e. The van der Waals surface area contributed by atoms with Crippen LogP contribution in [-0.4, -0.2) is 12.0 Å². The van der Waals surface area contributed by atoms with Gasteiger partial charge in [0.15, 0.2) is 0 Å². The number of hydrogen-bond acceptors (Lipinski definition) is 5. The summed E-state index contributed by atoms with van der Waals surface area (Å²) in [6.45, 7) is -0.0652. The number of hydrogen-bond donors (Lipinski definition) is 3. The average Bonchev–Trinajstić information content (AvgIpc) is 3.11. The van der Waals surface area contributed by atoms with Gasteiger partial charge in [0.25, 0.3) is 0 Å². The molecule has 0 spiro atoms. The molecule has 3 rings (SSSR count). The Bertz CT molecular complexity index is 892. The first-order valence-corrected chi connectivity index (χ1v) is 7.84. The normalized spacial score (nSPS) is 10.2. The summed E-state index contributed by atoms with van der Waals surface area (Å²) >= 11 is 0. The third-order valence-electron chi connectivity index (χ3n) is 3.65. The number of furan rings is 1. The molecule has 0 fully saturated rings. The number of para-hydroxylation sites is 1. The van der Waals surface area contributed by atoms with Crippen LogP contribution in [0.15, 0.2) is 71.3 Å². The lowest BCUT2D eigenvalue weighted by Gasteiger charge is -2.08. The Kier molecular flexibility index (Phi) is 5.31. The highest BCUT2D eigenvalue weighted by Gasteiger charge is 2.21. The molecule has 0 saturated heterocycles. The topological polar surface area (TPSA) is 107 Å². The van der Waals surface area contributed by atoms with E-state index in [1.165, 1.54) is 6.26 Å². The number of hydrazine groups is 1. The zero-order chi connectivity index (χ0) is 18.4. The van der Waals surface area contributed by atoms with Crippen molar-refractivity contribution in [2.45, 2.75) is 6.61 Å². The molecular weight excluding hydrogens is 334 g/mol. The lowest BCUT2D eigenvalue weighted by molar-refractivity contribution is 0.0926. The van der Waals surface area contributed by atoms with Gasteiger partial charge in [0.2, 0.25) is 5.76 Å². The standard InChI is InChI=1S/C19H17N3O4/c20-22-18(23)17-16(13-7-3-1-4-8-13)14(11-25-17)12-26-19(24)21-15-9-5-2-6-10-15/h1-11H,12,20H2,(H,21,24)(H,22,23). The number of nitrogens with one attached hydrogen (secondary N) is 2. The fourth-order valence-corrected chi connectivity index (χ4v) is 2.47. The number of ether oxygens (including phenoxy) is 1. The van der Waals surface area contributed by atoms with Crippen LogP contribution < -0.4 is 16.6 Å². The first-order valence-electron chi connectivity index (χ1n) is 7.84. The highest BCUT2D eigenvalue weighted by molar-refractivity contribution is 5.98. The minimum absolute atomic E-state index is 0.0563. The summed E-state index contributed by atoms with van der Waals surface area (Å²) in [5.74, 6) is 4.70. The third kappa shape index (κ3) is 3.90. The average molecular weight is 351 g/mol. The van der Waals surface area contributed by atoms with Gasteiger partial charge in [-0.05, 0) is 17.7 Å². The number of amides is 2. The summed E-state index contributed by atoms with van der Waals surface area (Å²) in [7, 11) is 0. The molecule has 0 bridgehead atoms. The predicted molar refractivity (Wildman–Crippen MR) is 96.0 cm³/mol. The molecule has 26 heavy (non-hydrogen) atoms. The van der Waals surface area contributed by atoms with Crippen LogP contribution in [0.5, 0.6) is 0 Å². The van der Waals surface area contributed by atoms with Crippen molar-refractivity contribution in [3.8, 4) is 11.1 Å². The highest BCUT2D eigenvalue weighted by atomic mass is 16.5. The number of benzene rings is 2. The number of nitrogen functional groups attached to an aromatic ring is 1. The Balaban J connectivity index is 1.78. The van der Waals surface area contributed by atoms with E-state index in [0.29, 0.717) is 16.8 Å². The molecule has 3 aromatic rings. The monoisotopic (exact) mass is 351 g/mol. The molecule has 0 aliphatic heterocycles. The van der Waals surface area contributed by atoms with Gasteiger partial charge >= 0.3 is 12.0 Å². The molecule has 7 nitrogen and oxygen atoms in total. The van der Waals surface area contributed by atoms with Crippen LogP contribution in [0.2, 0.25) is 0 Å². The maximum Gasteiger partial charge on any atom is 0.411 e. The molecule has 1 heterocycles. The van der Waals surface area contributed by atoms with Crippen LogP contribution in [0.25, 0.3) is 11.1 Å². The Labute approximate surface area is 149 Å². The van der Waals surface area contributed by atoms with E-state index in [0.717, 1.165) is 5.56 Å². The van der Waals surface area contributed by atoms with E-state index in [1.54, 1.807) is 24.3 Å². The number of rotatable bonds is 5.